The summed E-state index contributed by atoms with van der Waals surface area (Å²) in [7, 11) is 0. The van der Waals surface area contributed by atoms with Gasteiger partial charge in [-0.3, -0.25) is 9.59 Å². The minimum Gasteiger partial charge on any atom is -0.462 e. The van der Waals surface area contributed by atoms with Gasteiger partial charge in [-0.25, -0.2) is 0 Å². The normalized spacial score (nSPS) is 37.5. The fraction of sp³-hybridized carbons (Fsp3) is 0.800. The largest absolute Gasteiger partial charge is 0.462 e. The molecular formula is C30H46O3. The molecule has 3 fully saturated rings. The molecule has 4 rings (SSSR count). The van der Waals surface area contributed by atoms with Gasteiger partial charge in [0.2, 0.25) is 0 Å². The molecule has 0 aliphatic heterocycles. The highest BCUT2D eigenvalue weighted by atomic mass is 16.5. The number of rotatable bonds is 10. The predicted octanol–water partition coefficient (Wildman–Crippen LogP) is 7.74. The molecule has 3 saturated carbocycles. The molecule has 0 radical (unpaired) electrons. The predicted molar refractivity (Wildman–Crippen MR) is 134 cm³/mol. The summed E-state index contributed by atoms with van der Waals surface area (Å²) in [5.41, 5.74) is 1.80. The van der Waals surface area contributed by atoms with Crippen LogP contribution in [0.3, 0.4) is 0 Å². The van der Waals surface area contributed by atoms with E-state index >= 15 is 0 Å². The summed E-state index contributed by atoms with van der Waals surface area (Å²) in [5, 5.41) is 0. The third kappa shape index (κ3) is 5.03. The zero-order chi connectivity index (χ0) is 23.5. The van der Waals surface area contributed by atoms with Crippen LogP contribution in [-0.2, 0) is 14.3 Å². The highest BCUT2D eigenvalue weighted by Crippen LogP contribution is 2.65. The van der Waals surface area contributed by atoms with Gasteiger partial charge in [0, 0.05) is 18.3 Å². The average molecular weight is 455 g/mol. The van der Waals surface area contributed by atoms with Gasteiger partial charge in [-0.2, -0.15) is 0 Å². The van der Waals surface area contributed by atoms with E-state index in [1.165, 1.54) is 50.5 Å². The number of carbonyl (C=O) groups is 2. The van der Waals surface area contributed by atoms with Gasteiger partial charge in [0.1, 0.15) is 6.10 Å². The molecule has 6 atom stereocenters. The van der Waals surface area contributed by atoms with Crippen LogP contribution in [0.1, 0.15) is 117 Å². The zero-order valence-corrected chi connectivity index (χ0v) is 21.2. The highest BCUT2D eigenvalue weighted by molar-refractivity contribution is 5.91. The first-order valence-electron chi connectivity index (χ1n) is 13.9. The van der Waals surface area contributed by atoms with Crippen LogP contribution in [0.2, 0.25) is 0 Å². The van der Waals surface area contributed by atoms with Crippen molar-refractivity contribution in [2.24, 2.45) is 28.6 Å². The van der Waals surface area contributed by atoms with Crippen molar-refractivity contribution in [2.75, 3.05) is 0 Å². The fourth-order valence-electron chi connectivity index (χ4n) is 8.19. The van der Waals surface area contributed by atoms with E-state index < -0.39 is 0 Å². The Bertz CT molecular complexity index is 767. The van der Waals surface area contributed by atoms with E-state index in [1.54, 1.807) is 0 Å². The number of ketones is 1. The summed E-state index contributed by atoms with van der Waals surface area (Å²) in [6.07, 6.45) is 21.6. The fourth-order valence-corrected chi connectivity index (χ4v) is 8.19. The molecule has 4 aliphatic rings. The average Bonchev–Trinajstić information content (AvgIpc) is 3.12. The molecule has 0 bridgehead atoms. The van der Waals surface area contributed by atoms with Gasteiger partial charge in [-0.15, -0.1) is 6.58 Å². The lowest BCUT2D eigenvalue weighted by Gasteiger charge is -2.57. The van der Waals surface area contributed by atoms with Crippen LogP contribution in [0.25, 0.3) is 0 Å². The summed E-state index contributed by atoms with van der Waals surface area (Å²) in [6.45, 7) is 8.63. The minimum atomic E-state index is 0.0299. The number of hydrogen-bond donors (Lipinski definition) is 0. The first kappa shape index (κ1) is 24.7. The minimum absolute atomic E-state index is 0.0299. The molecule has 0 aromatic heterocycles. The van der Waals surface area contributed by atoms with Gasteiger partial charge in [-0.1, -0.05) is 51.2 Å². The summed E-state index contributed by atoms with van der Waals surface area (Å²) in [6, 6.07) is 0. The SMILES string of the molecule is C=CCCCCCCCCC(=O)OC1CCC2C3CCC4=CC(=O)CCC4(C)C3CCC12C. The molecule has 0 aromatic carbocycles. The zero-order valence-electron chi connectivity index (χ0n) is 21.2. The molecule has 0 saturated heterocycles. The first-order valence-corrected chi connectivity index (χ1v) is 13.9. The maximum atomic E-state index is 12.7. The number of ether oxygens (including phenoxy) is 1. The second kappa shape index (κ2) is 10.5. The third-order valence-corrected chi connectivity index (χ3v) is 10.2. The Hall–Kier alpha value is -1.38. The molecule has 3 nitrogen and oxygen atoms in total. The lowest BCUT2D eigenvalue weighted by molar-refractivity contribution is -0.160. The Labute approximate surface area is 201 Å². The standard InChI is InChI=1S/C30H46O3/c1-4-5-6-7-8-9-10-11-12-28(32)33-27-16-15-25-24-14-13-22-21-23(31)17-19-29(22,2)26(24)18-20-30(25,27)3/h4,21,24-27H,1,5-20H2,2-3H3. The Morgan fingerprint density at radius 3 is 2.55 bits per heavy atom. The molecule has 33 heavy (non-hydrogen) atoms. The number of esters is 1. The van der Waals surface area contributed by atoms with Crippen molar-refractivity contribution in [3.05, 3.63) is 24.3 Å². The van der Waals surface area contributed by atoms with Gasteiger partial charge >= 0.3 is 5.97 Å². The Morgan fingerprint density at radius 1 is 1.00 bits per heavy atom. The third-order valence-electron chi connectivity index (χ3n) is 10.2. The first-order chi connectivity index (χ1) is 15.9. The highest BCUT2D eigenvalue weighted by Gasteiger charge is 2.59. The number of carbonyl (C=O) groups excluding carboxylic acids is 2. The quantitative estimate of drug-likeness (QED) is 0.193. The summed E-state index contributed by atoms with van der Waals surface area (Å²) < 4.78 is 6.16. The van der Waals surface area contributed by atoms with Crippen molar-refractivity contribution >= 4 is 11.8 Å². The Balaban J connectivity index is 1.27. The maximum Gasteiger partial charge on any atom is 0.306 e. The number of fused-ring (bicyclic) bond motifs is 5. The second-order valence-electron chi connectivity index (χ2n) is 12.0. The monoisotopic (exact) mass is 454 g/mol. The van der Waals surface area contributed by atoms with E-state index in [2.05, 4.69) is 20.4 Å². The van der Waals surface area contributed by atoms with Gasteiger partial charge in [0.15, 0.2) is 5.78 Å². The van der Waals surface area contributed by atoms with Crippen LogP contribution in [0.15, 0.2) is 24.3 Å². The lowest BCUT2D eigenvalue weighted by atomic mass is 9.47. The Kier molecular flexibility index (Phi) is 7.86. The molecule has 4 aliphatic carbocycles. The topological polar surface area (TPSA) is 43.4 Å². The van der Waals surface area contributed by atoms with Gasteiger partial charge in [0.25, 0.3) is 0 Å². The van der Waals surface area contributed by atoms with E-state index in [1.807, 2.05) is 12.2 Å². The van der Waals surface area contributed by atoms with Crippen molar-refractivity contribution in [1.82, 2.24) is 0 Å². The van der Waals surface area contributed by atoms with Crippen LogP contribution in [0, 0.1) is 28.6 Å². The smallest absolute Gasteiger partial charge is 0.306 e. The van der Waals surface area contributed by atoms with Crippen LogP contribution < -0.4 is 0 Å². The molecular weight excluding hydrogens is 408 g/mol. The van der Waals surface area contributed by atoms with Crippen LogP contribution in [0.4, 0.5) is 0 Å². The lowest BCUT2D eigenvalue weighted by Crippen LogP contribution is -2.51. The number of hydrogen-bond acceptors (Lipinski definition) is 3. The molecule has 3 heteroatoms. The summed E-state index contributed by atoms with van der Waals surface area (Å²) in [4.78, 5) is 24.7. The van der Waals surface area contributed by atoms with Crippen molar-refractivity contribution in [3.63, 3.8) is 0 Å². The summed E-state index contributed by atoms with van der Waals surface area (Å²) >= 11 is 0. The molecule has 0 aromatic rings. The second-order valence-corrected chi connectivity index (χ2v) is 12.0. The van der Waals surface area contributed by atoms with Crippen molar-refractivity contribution in [2.45, 2.75) is 123 Å². The number of unbranched alkanes of at least 4 members (excludes halogenated alkanes) is 6. The van der Waals surface area contributed by atoms with Crippen molar-refractivity contribution < 1.29 is 14.3 Å². The van der Waals surface area contributed by atoms with E-state index in [0.29, 0.717) is 24.0 Å². The molecule has 184 valence electrons. The number of allylic oxidation sites excluding steroid dienone is 2. The van der Waals surface area contributed by atoms with E-state index in [0.717, 1.165) is 57.3 Å². The van der Waals surface area contributed by atoms with Crippen molar-refractivity contribution in [1.29, 1.82) is 0 Å². The molecule has 0 N–H and O–H groups in total. The van der Waals surface area contributed by atoms with Crippen LogP contribution in [-0.4, -0.2) is 17.9 Å². The molecule has 0 spiro atoms. The van der Waals surface area contributed by atoms with Gasteiger partial charge < -0.3 is 4.74 Å². The maximum absolute atomic E-state index is 12.7. The van der Waals surface area contributed by atoms with E-state index in [9.17, 15) is 9.59 Å². The molecule has 0 amide bonds. The molecule has 0 heterocycles. The Morgan fingerprint density at radius 2 is 1.76 bits per heavy atom. The van der Waals surface area contributed by atoms with Gasteiger partial charge in [-0.05, 0) is 93.5 Å². The van der Waals surface area contributed by atoms with Crippen LogP contribution in [0.5, 0.6) is 0 Å². The van der Waals surface area contributed by atoms with Crippen LogP contribution >= 0.6 is 0 Å². The van der Waals surface area contributed by atoms with Gasteiger partial charge in [0.05, 0.1) is 0 Å². The van der Waals surface area contributed by atoms with E-state index in [-0.39, 0.29) is 22.9 Å². The van der Waals surface area contributed by atoms with Crippen molar-refractivity contribution in [3.8, 4) is 0 Å². The molecule has 6 unspecified atom stereocenters. The van der Waals surface area contributed by atoms with E-state index in [4.69, 9.17) is 4.74 Å². The summed E-state index contributed by atoms with van der Waals surface area (Å²) in [5.74, 6) is 2.46.